The van der Waals surface area contributed by atoms with E-state index in [-0.39, 0.29) is 5.01 Å². The Kier molecular flexibility index (Phi) is 4.19. The number of benzene rings is 1. The van der Waals surface area contributed by atoms with Crippen molar-refractivity contribution >= 4 is 28.1 Å². The summed E-state index contributed by atoms with van der Waals surface area (Å²) >= 11 is 0.850. The molecule has 0 bridgehead atoms. The molecule has 130 valence electrons. The number of carbonyl (C=O) groups is 1. The van der Waals surface area contributed by atoms with Gasteiger partial charge in [0.2, 0.25) is 0 Å². The number of halogens is 3. The zero-order valence-corrected chi connectivity index (χ0v) is 14.1. The molecular formula is C16H13F3N4OS. The van der Waals surface area contributed by atoms with E-state index in [1.54, 1.807) is 38.1 Å². The van der Waals surface area contributed by atoms with Crippen LogP contribution in [0.25, 0.3) is 10.9 Å². The summed E-state index contributed by atoms with van der Waals surface area (Å²) in [6.45, 7) is 3.20. The molecule has 3 aromatic rings. The molecule has 2 heterocycles. The quantitative estimate of drug-likeness (QED) is 0.766. The molecule has 0 radical (unpaired) electrons. The average Bonchev–Trinajstić information content (AvgIpc) is 3.05. The fourth-order valence-electron chi connectivity index (χ4n) is 2.28. The molecule has 3 rings (SSSR count). The van der Waals surface area contributed by atoms with E-state index in [9.17, 15) is 18.0 Å². The Hall–Kier alpha value is -2.55. The molecule has 0 atom stereocenters. The molecule has 1 amide bonds. The average molecular weight is 366 g/mol. The maximum Gasteiger partial charge on any atom is 0.434 e. The number of carbonyl (C=O) groups excluding carboxylic acids is 1. The van der Waals surface area contributed by atoms with E-state index in [1.807, 2.05) is 0 Å². The Bertz CT molecular complexity index is 931. The van der Waals surface area contributed by atoms with Crippen molar-refractivity contribution in [2.45, 2.75) is 25.6 Å². The molecule has 5 nitrogen and oxygen atoms in total. The molecular weight excluding hydrogens is 353 g/mol. The molecule has 25 heavy (non-hydrogen) atoms. The lowest BCUT2D eigenvalue weighted by Gasteiger charge is -2.24. The second-order valence-corrected chi connectivity index (χ2v) is 6.75. The van der Waals surface area contributed by atoms with Gasteiger partial charge in [-0.1, -0.05) is 18.2 Å². The van der Waals surface area contributed by atoms with Crippen molar-refractivity contribution in [3.05, 3.63) is 52.1 Å². The van der Waals surface area contributed by atoms with Gasteiger partial charge in [0.1, 0.15) is 5.01 Å². The van der Waals surface area contributed by atoms with Crippen molar-refractivity contribution in [3.8, 4) is 0 Å². The summed E-state index contributed by atoms with van der Waals surface area (Å²) in [7, 11) is 0. The number of aromatic nitrogens is 3. The number of hydrogen-bond donors (Lipinski definition) is 1. The highest BCUT2D eigenvalue weighted by Gasteiger charge is 2.36. The summed E-state index contributed by atoms with van der Waals surface area (Å²) < 4.78 is 38.2. The third-order valence-corrected chi connectivity index (χ3v) is 4.71. The summed E-state index contributed by atoms with van der Waals surface area (Å²) in [4.78, 5) is 16.2. The van der Waals surface area contributed by atoms with Crippen LogP contribution in [0.2, 0.25) is 0 Å². The van der Waals surface area contributed by atoms with Crippen LogP contribution in [-0.2, 0) is 11.7 Å². The summed E-state index contributed by atoms with van der Waals surface area (Å²) in [5.41, 5.74) is -1.19. The summed E-state index contributed by atoms with van der Waals surface area (Å²) in [6.07, 6.45) is -3.18. The molecule has 0 unspecified atom stereocenters. The van der Waals surface area contributed by atoms with Crippen LogP contribution in [0, 0.1) is 0 Å². The van der Waals surface area contributed by atoms with Crippen LogP contribution in [0.15, 0.2) is 35.8 Å². The molecule has 9 heteroatoms. The van der Waals surface area contributed by atoms with Gasteiger partial charge in [-0.2, -0.15) is 23.4 Å². The van der Waals surface area contributed by atoms with Crippen molar-refractivity contribution in [2.75, 3.05) is 0 Å². The zero-order valence-electron chi connectivity index (χ0n) is 13.3. The summed E-state index contributed by atoms with van der Waals surface area (Å²) in [6, 6.07) is 7.00. The van der Waals surface area contributed by atoms with Crippen LogP contribution in [0.4, 0.5) is 13.2 Å². The van der Waals surface area contributed by atoms with Gasteiger partial charge in [0.05, 0.1) is 22.8 Å². The molecule has 0 aliphatic carbocycles. The first-order chi connectivity index (χ1) is 11.7. The van der Waals surface area contributed by atoms with Gasteiger partial charge in [-0.3, -0.25) is 4.79 Å². The second kappa shape index (κ2) is 6.07. The predicted molar refractivity (Wildman–Crippen MR) is 87.1 cm³/mol. The Morgan fingerprint density at radius 3 is 2.60 bits per heavy atom. The number of fused-ring (bicyclic) bond motifs is 1. The van der Waals surface area contributed by atoms with Gasteiger partial charge >= 0.3 is 6.18 Å². The largest absolute Gasteiger partial charge is 0.434 e. The van der Waals surface area contributed by atoms with Crippen molar-refractivity contribution in [1.82, 2.24) is 20.5 Å². The van der Waals surface area contributed by atoms with E-state index in [0.717, 1.165) is 16.7 Å². The Balaban J connectivity index is 1.89. The van der Waals surface area contributed by atoms with Gasteiger partial charge in [0.25, 0.3) is 5.91 Å². The van der Waals surface area contributed by atoms with Crippen LogP contribution in [0.5, 0.6) is 0 Å². The van der Waals surface area contributed by atoms with Crippen LogP contribution in [0.1, 0.15) is 34.9 Å². The number of amides is 1. The van der Waals surface area contributed by atoms with Crippen LogP contribution >= 0.6 is 11.3 Å². The van der Waals surface area contributed by atoms with Gasteiger partial charge in [0, 0.05) is 10.8 Å². The first-order valence-corrected chi connectivity index (χ1v) is 8.12. The number of alkyl halides is 3. The third kappa shape index (κ3) is 3.46. The SMILES string of the molecule is CC(C)(NC(=O)c1cnnc2ccccc12)c1nc(C(F)(F)F)cs1. The normalized spacial score (nSPS) is 12.4. The summed E-state index contributed by atoms with van der Waals surface area (Å²) in [5, 5.41) is 12.2. The smallest absolute Gasteiger partial charge is 0.341 e. The maximum atomic E-state index is 12.7. The number of nitrogens with zero attached hydrogens (tertiary/aromatic N) is 3. The molecule has 0 spiro atoms. The molecule has 0 saturated carbocycles. The fraction of sp³-hybridized carbons (Fsp3) is 0.250. The van der Waals surface area contributed by atoms with Gasteiger partial charge < -0.3 is 5.32 Å². The first kappa shape index (κ1) is 17.3. The molecule has 0 aliphatic heterocycles. The maximum absolute atomic E-state index is 12.7. The molecule has 2 aromatic heterocycles. The number of thiazole rings is 1. The first-order valence-electron chi connectivity index (χ1n) is 7.24. The molecule has 0 aliphatic rings. The highest BCUT2D eigenvalue weighted by Crippen LogP contribution is 2.33. The topological polar surface area (TPSA) is 67.8 Å². The standard InChI is InChI=1S/C16H13F3N4OS/c1-15(2,14-21-12(8-25-14)16(17,18)19)22-13(24)10-7-20-23-11-6-4-3-5-9(10)11/h3-8H,1-2H3,(H,22,24). The van der Waals surface area contributed by atoms with Crippen LogP contribution in [-0.4, -0.2) is 21.1 Å². The van der Waals surface area contributed by atoms with Gasteiger partial charge in [-0.25, -0.2) is 4.98 Å². The van der Waals surface area contributed by atoms with E-state index in [4.69, 9.17) is 0 Å². The second-order valence-electron chi connectivity index (χ2n) is 5.89. The predicted octanol–water partition coefficient (Wildman–Crippen LogP) is 3.77. The monoisotopic (exact) mass is 366 g/mol. The van der Waals surface area contributed by atoms with Crippen LogP contribution < -0.4 is 5.32 Å². The van der Waals surface area contributed by atoms with E-state index in [0.29, 0.717) is 16.5 Å². The highest BCUT2D eigenvalue weighted by atomic mass is 32.1. The lowest BCUT2D eigenvalue weighted by molar-refractivity contribution is -0.140. The minimum Gasteiger partial charge on any atom is -0.341 e. The lowest BCUT2D eigenvalue weighted by atomic mass is 10.0. The van der Waals surface area contributed by atoms with E-state index < -0.39 is 23.3 Å². The Morgan fingerprint density at radius 1 is 1.20 bits per heavy atom. The molecule has 0 saturated heterocycles. The van der Waals surface area contributed by atoms with Gasteiger partial charge in [-0.05, 0) is 19.9 Å². The third-order valence-electron chi connectivity index (χ3n) is 3.55. The molecule has 1 aromatic carbocycles. The lowest BCUT2D eigenvalue weighted by Crippen LogP contribution is -2.41. The molecule has 1 N–H and O–H groups in total. The fourth-order valence-corrected chi connectivity index (χ4v) is 3.19. The zero-order chi connectivity index (χ0) is 18.2. The summed E-state index contributed by atoms with van der Waals surface area (Å²) in [5.74, 6) is -0.458. The number of nitrogens with one attached hydrogen (secondary N) is 1. The van der Waals surface area contributed by atoms with Crippen molar-refractivity contribution in [1.29, 1.82) is 0 Å². The van der Waals surface area contributed by atoms with Crippen molar-refractivity contribution < 1.29 is 18.0 Å². The Morgan fingerprint density at radius 2 is 1.92 bits per heavy atom. The minimum atomic E-state index is -4.51. The highest BCUT2D eigenvalue weighted by molar-refractivity contribution is 7.09. The van der Waals surface area contributed by atoms with Gasteiger partial charge in [-0.15, -0.1) is 11.3 Å². The Labute approximate surface area is 144 Å². The minimum absolute atomic E-state index is 0.166. The van der Waals surface area contributed by atoms with E-state index in [1.165, 1.54) is 6.20 Å². The number of hydrogen-bond acceptors (Lipinski definition) is 5. The van der Waals surface area contributed by atoms with Crippen molar-refractivity contribution in [2.24, 2.45) is 0 Å². The number of rotatable bonds is 3. The molecule has 0 fully saturated rings. The van der Waals surface area contributed by atoms with E-state index >= 15 is 0 Å². The van der Waals surface area contributed by atoms with E-state index in [2.05, 4.69) is 20.5 Å². The van der Waals surface area contributed by atoms with Crippen molar-refractivity contribution in [3.63, 3.8) is 0 Å². The van der Waals surface area contributed by atoms with Crippen LogP contribution in [0.3, 0.4) is 0 Å². The van der Waals surface area contributed by atoms with Gasteiger partial charge in [0.15, 0.2) is 5.69 Å².